The lowest BCUT2D eigenvalue weighted by atomic mass is 9.84. The summed E-state index contributed by atoms with van der Waals surface area (Å²) in [6.07, 6.45) is 5.93. The molecular weight excluding hydrogens is 1140 g/mol. The van der Waals surface area contributed by atoms with Gasteiger partial charge in [0.25, 0.3) is 0 Å². The molecule has 0 spiro atoms. The number of hydrogen-bond donors (Lipinski definition) is 16. The molecular formula is C61H82N12O15. The lowest BCUT2D eigenvalue weighted by Crippen LogP contribution is -2.60. The van der Waals surface area contributed by atoms with E-state index in [0.717, 1.165) is 49.2 Å². The van der Waals surface area contributed by atoms with Gasteiger partial charge >= 0.3 is 11.9 Å². The first-order chi connectivity index (χ1) is 42.0. The topological polar surface area (TPSA) is 448 Å². The predicted molar refractivity (Wildman–Crippen MR) is 323 cm³/mol. The fourth-order valence-corrected chi connectivity index (χ4v) is 10.0. The number of carboxylic acid groups (broad SMARTS) is 2. The van der Waals surface area contributed by atoms with Crippen molar-refractivity contribution in [2.24, 2.45) is 28.3 Å². The lowest BCUT2D eigenvalue weighted by molar-refractivity contribution is -0.143. The third-order valence-corrected chi connectivity index (χ3v) is 14.7. The number of carbonyl (C=O) groups excluding carboxylic acids is 8. The van der Waals surface area contributed by atoms with Crippen LogP contribution in [0, 0.1) is 11.8 Å². The lowest BCUT2D eigenvalue weighted by Gasteiger charge is -2.29. The summed E-state index contributed by atoms with van der Waals surface area (Å²) < 4.78 is 0. The minimum atomic E-state index is -1.75. The summed E-state index contributed by atoms with van der Waals surface area (Å²) in [5.74, 6) is -10.3. The summed E-state index contributed by atoms with van der Waals surface area (Å²) in [6, 6.07) is 11.0. The molecule has 18 N–H and O–H groups in total. The zero-order chi connectivity index (χ0) is 64.3. The number of aromatic hydroxyl groups is 1. The van der Waals surface area contributed by atoms with E-state index in [0.29, 0.717) is 16.7 Å². The van der Waals surface area contributed by atoms with Gasteiger partial charge in [0.05, 0.1) is 19.6 Å². The number of carboxylic acids is 2. The highest BCUT2D eigenvalue weighted by Gasteiger charge is 2.35. The molecule has 27 heteroatoms. The van der Waals surface area contributed by atoms with Gasteiger partial charge in [-0.3, -0.25) is 48.1 Å². The smallest absolute Gasteiger partial charge is 0.328 e. The van der Waals surface area contributed by atoms with Crippen molar-refractivity contribution in [2.45, 2.75) is 146 Å². The quantitative estimate of drug-likeness (QED) is 0.0127. The predicted octanol–water partition coefficient (Wildman–Crippen LogP) is 0.299. The summed E-state index contributed by atoms with van der Waals surface area (Å²) in [4.78, 5) is 143. The van der Waals surface area contributed by atoms with Crippen molar-refractivity contribution >= 4 is 76.1 Å². The van der Waals surface area contributed by atoms with Gasteiger partial charge in [-0.2, -0.15) is 0 Å². The van der Waals surface area contributed by atoms with Gasteiger partial charge in [0, 0.05) is 61.1 Å². The Balaban J connectivity index is 1.40. The van der Waals surface area contributed by atoms with Crippen molar-refractivity contribution in [3.8, 4) is 5.75 Å². The number of rotatable bonds is 35. The van der Waals surface area contributed by atoms with E-state index in [-0.39, 0.29) is 80.6 Å². The summed E-state index contributed by atoms with van der Waals surface area (Å²) in [5.41, 5.74) is 13.4. The van der Waals surface area contributed by atoms with Crippen LogP contribution in [0.4, 0.5) is 0 Å². The number of amides is 8. The fraction of sp³-hybridized carbons (Fsp3) is 0.459. The summed E-state index contributed by atoms with van der Waals surface area (Å²) in [6.45, 7) is 1.58. The van der Waals surface area contributed by atoms with E-state index in [4.69, 9.17) is 11.5 Å². The molecule has 7 atom stereocenters. The highest BCUT2D eigenvalue weighted by Crippen LogP contribution is 2.28. The van der Waals surface area contributed by atoms with Crippen molar-refractivity contribution in [1.82, 2.24) is 47.5 Å². The molecule has 8 amide bonds. The van der Waals surface area contributed by atoms with E-state index in [2.05, 4.69) is 52.5 Å². The van der Waals surface area contributed by atoms with E-state index < -0.39 is 128 Å². The molecule has 0 aliphatic heterocycles. The van der Waals surface area contributed by atoms with Crippen molar-refractivity contribution in [2.75, 3.05) is 19.8 Å². The van der Waals surface area contributed by atoms with Crippen molar-refractivity contribution < 1.29 is 73.5 Å². The van der Waals surface area contributed by atoms with Crippen LogP contribution < -0.4 is 54.0 Å². The molecule has 0 radical (unpaired) electrons. The molecule has 0 bridgehead atoms. The van der Waals surface area contributed by atoms with Gasteiger partial charge < -0.3 is 84.5 Å². The Bertz CT molecular complexity index is 3090. The van der Waals surface area contributed by atoms with Crippen LogP contribution in [-0.2, 0) is 67.2 Å². The Morgan fingerprint density at radius 3 is 1.77 bits per heavy atom. The molecule has 88 heavy (non-hydrogen) atoms. The van der Waals surface area contributed by atoms with Gasteiger partial charge in [0.1, 0.15) is 48.0 Å². The minimum Gasteiger partial charge on any atom is -0.508 e. The van der Waals surface area contributed by atoms with Gasteiger partial charge in [-0.05, 0) is 72.4 Å². The number of phenolic OH excluding ortho intramolecular Hbond substituents is 1. The molecule has 1 aromatic heterocycles. The Kier molecular flexibility index (Phi) is 27.8. The maximum absolute atomic E-state index is 14.6. The van der Waals surface area contributed by atoms with Crippen LogP contribution in [0.3, 0.4) is 0 Å². The number of aromatic amines is 1. The standard InChI is InChI=1S/C61H82N12O15/c1-35(2)26-40(53(80)69-48(58(85)73-50(34-75)60(87)88)30-39-31-65-43-17-10-9-16-42(39)43)32-66-54(81)45(29-38-19-21-41(76)22-20-38)70-55(82)44(18-11-25-64-61(62)63)68-59(86)49(33-74)72-57(84)47(28-37-14-7-4-8-15-37)71-56(83)46(27-36-12-5-3-6-13-36)67-51(77)23-24-52(78)79/h4,7-10,14-17,19-22,31-32,35-36,44-50,65,74-76H,3,5-6,11-13,18,23-30,33-34H2,1-2H3,(H,66,81)(H,67,77)(H,68,86)(H,69,80)(H,70,82)(H,71,83)(H,72,84)(H,73,85)(H,78,79)(H,87,88)(H4,62,63,64). The number of fused-ring (bicyclic) bond motifs is 1. The molecule has 27 nitrogen and oxygen atoms in total. The number of hydrogen-bond acceptors (Lipinski definition) is 14. The van der Waals surface area contributed by atoms with Crippen molar-refractivity contribution in [3.05, 3.63) is 114 Å². The molecule has 1 saturated carbocycles. The van der Waals surface area contributed by atoms with Crippen molar-refractivity contribution in [3.63, 3.8) is 0 Å². The summed E-state index contributed by atoms with van der Waals surface area (Å²) in [7, 11) is 0. The third kappa shape index (κ3) is 23.1. The zero-order valence-corrected chi connectivity index (χ0v) is 49.3. The molecule has 1 aliphatic rings. The van der Waals surface area contributed by atoms with E-state index in [9.17, 15) is 73.5 Å². The van der Waals surface area contributed by atoms with Gasteiger partial charge in [-0.1, -0.05) is 107 Å². The van der Waals surface area contributed by atoms with Gasteiger partial charge in [-0.15, -0.1) is 0 Å². The van der Waals surface area contributed by atoms with Gasteiger partial charge in [0.2, 0.25) is 47.3 Å². The maximum atomic E-state index is 14.6. The second-order valence-electron chi connectivity index (χ2n) is 22.1. The SMILES string of the molecule is CC(C)CC(=CNC(=O)C(Cc1ccc(O)cc1)NC(=O)C(CCCN=C(N)N)NC(=O)C(CO)NC(=O)C(Cc1ccccc1)NC(=O)C(CC1CCCCC1)NC(=O)CCC(=O)O)C(=O)NC(Cc1c[nH]c2ccccc12)C(=O)NC(CO)C(=O)O. The number of nitrogens with zero attached hydrogens (tertiary/aromatic N) is 1. The van der Waals surface area contributed by atoms with Crippen LogP contribution >= 0.6 is 0 Å². The molecule has 3 aromatic carbocycles. The molecule has 1 heterocycles. The third-order valence-electron chi connectivity index (χ3n) is 14.7. The van der Waals surface area contributed by atoms with Crippen LogP contribution in [0.25, 0.3) is 10.9 Å². The highest BCUT2D eigenvalue weighted by molar-refractivity contribution is 6.00. The van der Waals surface area contributed by atoms with Crippen LogP contribution in [0.15, 0.2) is 102 Å². The van der Waals surface area contributed by atoms with Crippen molar-refractivity contribution in [1.29, 1.82) is 0 Å². The summed E-state index contributed by atoms with van der Waals surface area (Å²) in [5, 5.41) is 70.5. The zero-order valence-electron chi connectivity index (χ0n) is 49.3. The van der Waals surface area contributed by atoms with E-state index >= 15 is 0 Å². The highest BCUT2D eigenvalue weighted by atomic mass is 16.4. The van der Waals surface area contributed by atoms with Crippen LogP contribution in [0.5, 0.6) is 5.75 Å². The number of H-pyrrole nitrogens is 1. The number of guanidine groups is 1. The minimum absolute atomic E-state index is 0.0259. The van der Waals surface area contributed by atoms with Crippen LogP contribution in [0.1, 0.15) is 101 Å². The van der Waals surface area contributed by atoms with E-state index in [1.807, 2.05) is 0 Å². The number of benzene rings is 3. The Morgan fingerprint density at radius 2 is 1.16 bits per heavy atom. The van der Waals surface area contributed by atoms with Crippen LogP contribution in [0.2, 0.25) is 0 Å². The fourth-order valence-electron chi connectivity index (χ4n) is 10.0. The average Bonchev–Trinajstić information content (AvgIpc) is 2.71. The second kappa shape index (κ2) is 35.3. The second-order valence-corrected chi connectivity index (χ2v) is 22.1. The molecule has 1 aliphatic carbocycles. The Morgan fingerprint density at radius 1 is 0.614 bits per heavy atom. The summed E-state index contributed by atoms with van der Waals surface area (Å²) >= 11 is 0. The molecule has 5 rings (SSSR count). The number of aliphatic imine (C=N–C) groups is 1. The van der Waals surface area contributed by atoms with Crippen LogP contribution in [-0.4, -0.2) is 158 Å². The van der Waals surface area contributed by atoms with E-state index in [1.165, 1.54) is 24.3 Å². The molecule has 1 fully saturated rings. The molecule has 7 unspecified atom stereocenters. The number of aromatic nitrogens is 1. The number of aliphatic carboxylic acids is 2. The normalized spacial score (nSPS) is 14.9. The Labute approximate surface area is 508 Å². The van der Waals surface area contributed by atoms with Gasteiger partial charge in [0.15, 0.2) is 5.96 Å². The first kappa shape index (κ1) is 69.4. The number of aliphatic hydroxyl groups is 2. The number of para-hydroxylation sites is 1. The van der Waals surface area contributed by atoms with Gasteiger partial charge in [-0.25, -0.2) is 4.79 Å². The van der Waals surface area contributed by atoms with E-state index in [1.54, 1.807) is 74.6 Å². The average molecular weight is 1220 g/mol. The first-order valence-corrected chi connectivity index (χ1v) is 29.2. The number of phenols is 1. The molecule has 476 valence electrons. The number of carbonyl (C=O) groups is 10. The largest absolute Gasteiger partial charge is 0.508 e. The number of aliphatic hydroxyl groups excluding tert-OH is 2. The Hall–Kier alpha value is -9.37. The number of nitrogens with one attached hydrogen (secondary N) is 9. The first-order valence-electron chi connectivity index (χ1n) is 29.2. The maximum Gasteiger partial charge on any atom is 0.328 e. The number of nitrogens with two attached hydrogens (primary N) is 2. The molecule has 0 saturated heterocycles. The molecule has 4 aromatic rings. The monoisotopic (exact) mass is 1220 g/mol.